The van der Waals surface area contributed by atoms with Crippen LogP contribution in [0.15, 0.2) is 12.7 Å². The highest BCUT2D eigenvalue weighted by molar-refractivity contribution is 5.08. The Morgan fingerprint density at radius 3 is 1.26 bits per heavy atom. The van der Waals surface area contributed by atoms with Gasteiger partial charge in [0, 0.05) is 0 Å². The van der Waals surface area contributed by atoms with Crippen molar-refractivity contribution in [1.82, 2.24) is 0 Å². The smallest absolute Gasteiger partial charge is 0.311 e. The van der Waals surface area contributed by atoms with Gasteiger partial charge in [-0.15, -0.1) is 6.58 Å². The normalized spacial score (nSPS) is 15.7. The molecule has 1 nitrogen and oxygen atoms in total. The summed E-state index contributed by atoms with van der Waals surface area (Å²) in [5.41, 5.74) is 0. The first-order valence-corrected chi connectivity index (χ1v) is 5.02. The fraction of sp³-hybridized carbons (Fsp3) is 0.778. The third kappa shape index (κ3) is 3.08. The van der Waals surface area contributed by atoms with Crippen molar-refractivity contribution in [3.63, 3.8) is 0 Å². The van der Waals surface area contributed by atoms with E-state index in [9.17, 15) is 57.1 Å². The van der Waals surface area contributed by atoms with E-state index in [4.69, 9.17) is 0 Å². The van der Waals surface area contributed by atoms with Crippen molar-refractivity contribution in [2.75, 3.05) is 6.61 Å². The monoisotopic (exact) mass is 376 g/mol. The summed E-state index contributed by atoms with van der Waals surface area (Å²) in [5, 5.41) is 0. The largest absolute Gasteiger partial charge is 0.460 e. The van der Waals surface area contributed by atoms with Crippen molar-refractivity contribution in [2.24, 2.45) is 0 Å². The average molecular weight is 376 g/mol. The van der Waals surface area contributed by atoms with Gasteiger partial charge in [0.2, 0.25) is 0 Å². The average Bonchev–Trinajstić information content (AvgIpc) is 2.34. The van der Waals surface area contributed by atoms with Crippen LogP contribution in [-0.4, -0.2) is 42.6 Å². The van der Waals surface area contributed by atoms with Crippen molar-refractivity contribution in [2.45, 2.75) is 36.0 Å². The Bertz CT molecular complexity index is 435. The molecule has 0 N–H and O–H groups in total. The quantitative estimate of drug-likeness (QED) is 0.455. The molecule has 0 atom stereocenters. The molecule has 23 heavy (non-hydrogen) atoms. The van der Waals surface area contributed by atoms with Gasteiger partial charge in [0.25, 0.3) is 0 Å². The van der Waals surface area contributed by atoms with Crippen molar-refractivity contribution >= 4 is 0 Å². The summed E-state index contributed by atoms with van der Waals surface area (Å²) in [4.78, 5) is 0. The highest BCUT2D eigenvalue weighted by atomic mass is 19.4. The number of halogens is 13. The van der Waals surface area contributed by atoms with Crippen LogP contribution in [0.25, 0.3) is 0 Å². The maximum atomic E-state index is 12.9. The van der Waals surface area contributed by atoms with E-state index in [1.165, 1.54) is 0 Å². The zero-order chi connectivity index (χ0) is 19.1. The van der Waals surface area contributed by atoms with Crippen LogP contribution >= 0.6 is 0 Å². The predicted octanol–water partition coefficient (Wildman–Crippen LogP) is 4.89. The fourth-order valence-electron chi connectivity index (χ4n) is 1.01. The zero-order valence-corrected chi connectivity index (χ0v) is 10.3. The minimum atomic E-state index is -7.91. The molecule has 0 amide bonds. The Morgan fingerprint density at radius 2 is 0.957 bits per heavy atom. The third-order valence-corrected chi connectivity index (χ3v) is 2.29. The Hall–Kier alpha value is -1.21. The van der Waals surface area contributed by atoms with Crippen LogP contribution in [0.4, 0.5) is 57.1 Å². The molecule has 0 saturated heterocycles. The lowest BCUT2D eigenvalue weighted by Gasteiger charge is -2.39. The van der Waals surface area contributed by atoms with Crippen LogP contribution in [0.5, 0.6) is 0 Å². The molecular formula is C9H5F13O. The molecule has 0 unspecified atom stereocenters. The van der Waals surface area contributed by atoms with Gasteiger partial charge in [-0.3, -0.25) is 0 Å². The number of rotatable bonds is 7. The summed E-state index contributed by atoms with van der Waals surface area (Å²) < 4.78 is 165. The summed E-state index contributed by atoms with van der Waals surface area (Å²) in [5.74, 6) is -30.9. The van der Waals surface area contributed by atoms with E-state index in [-0.39, 0.29) is 6.08 Å². The SMILES string of the molecule is C=CCOC(F)(F)C(F)(F)C(F)(F)C(F)(F)C(F)(F)C(F)(F)F. The molecule has 0 spiro atoms. The van der Waals surface area contributed by atoms with E-state index in [1.54, 1.807) is 0 Å². The number of ether oxygens (including phenoxy) is 1. The lowest BCUT2D eigenvalue weighted by Crippen LogP contribution is -2.70. The Kier molecular flexibility index (Phi) is 5.40. The second-order valence-corrected chi connectivity index (χ2v) is 3.91. The molecule has 0 bridgehead atoms. The minimum absolute atomic E-state index is 0.268. The van der Waals surface area contributed by atoms with Gasteiger partial charge in [-0.1, -0.05) is 6.08 Å². The van der Waals surface area contributed by atoms with Gasteiger partial charge in [-0.05, 0) is 0 Å². The van der Waals surface area contributed by atoms with E-state index >= 15 is 0 Å². The molecule has 138 valence electrons. The van der Waals surface area contributed by atoms with E-state index in [1.807, 2.05) is 0 Å². The molecule has 0 rings (SSSR count). The number of hydrogen-bond acceptors (Lipinski definition) is 1. The summed E-state index contributed by atoms with van der Waals surface area (Å²) >= 11 is 0. The first-order valence-electron chi connectivity index (χ1n) is 5.02. The number of alkyl halides is 13. The van der Waals surface area contributed by atoms with Crippen LogP contribution in [0.2, 0.25) is 0 Å². The van der Waals surface area contributed by atoms with Gasteiger partial charge in [-0.2, -0.15) is 57.1 Å². The topological polar surface area (TPSA) is 9.23 Å². The highest BCUT2D eigenvalue weighted by Crippen LogP contribution is 2.60. The second-order valence-electron chi connectivity index (χ2n) is 3.91. The van der Waals surface area contributed by atoms with E-state index in [0.29, 0.717) is 0 Å². The van der Waals surface area contributed by atoms with Crippen LogP contribution < -0.4 is 0 Å². The maximum absolute atomic E-state index is 12.9. The molecule has 0 aliphatic heterocycles. The molecule has 0 saturated carbocycles. The molecule has 0 radical (unpaired) electrons. The first-order chi connectivity index (χ1) is 9.81. The summed E-state index contributed by atoms with van der Waals surface area (Å²) in [6, 6.07) is 0. The Balaban J connectivity index is 6.08. The second kappa shape index (κ2) is 5.70. The molecule has 0 aromatic heterocycles. The Labute approximate surface area is 118 Å². The van der Waals surface area contributed by atoms with Crippen molar-refractivity contribution < 1.29 is 61.8 Å². The lowest BCUT2D eigenvalue weighted by molar-refractivity contribution is -0.465. The van der Waals surface area contributed by atoms with Gasteiger partial charge >= 0.3 is 36.0 Å². The fourth-order valence-corrected chi connectivity index (χ4v) is 1.01. The van der Waals surface area contributed by atoms with Crippen LogP contribution in [0.3, 0.4) is 0 Å². The van der Waals surface area contributed by atoms with Gasteiger partial charge in [-0.25, -0.2) is 0 Å². The molecule has 14 heteroatoms. The predicted molar refractivity (Wildman–Crippen MR) is 46.9 cm³/mol. The van der Waals surface area contributed by atoms with Crippen LogP contribution in [0.1, 0.15) is 0 Å². The van der Waals surface area contributed by atoms with Gasteiger partial charge in [0.15, 0.2) is 0 Å². The van der Waals surface area contributed by atoms with Crippen LogP contribution in [0, 0.1) is 0 Å². The first kappa shape index (κ1) is 21.8. The zero-order valence-electron chi connectivity index (χ0n) is 10.3. The summed E-state index contributed by atoms with van der Waals surface area (Å²) in [6.07, 6.45) is -13.7. The molecule has 0 aromatic rings. The van der Waals surface area contributed by atoms with Gasteiger partial charge in [0.05, 0.1) is 6.61 Å². The van der Waals surface area contributed by atoms with E-state index in [0.717, 1.165) is 0 Å². The number of hydrogen-bond donors (Lipinski definition) is 0. The molecule has 0 aliphatic rings. The van der Waals surface area contributed by atoms with Gasteiger partial charge < -0.3 is 4.74 Å². The van der Waals surface area contributed by atoms with E-state index < -0.39 is 42.6 Å². The van der Waals surface area contributed by atoms with Gasteiger partial charge in [0.1, 0.15) is 0 Å². The molecule has 0 aromatic carbocycles. The highest BCUT2D eigenvalue weighted by Gasteiger charge is 2.91. The van der Waals surface area contributed by atoms with Crippen molar-refractivity contribution in [3.05, 3.63) is 12.7 Å². The molecule has 0 aliphatic carbocycles. The summed E-state index contributed by atoms with van der Waals surface area (Å²) in [7, 11) is 0. The van der Waals surface area contributed by atoms with Crippen molar-refractivity contribution in [3.8, 4) is 0 Å². The Morgan fingerprint density at radius 1 is 0.609 bits per heavy atom. The maximum Gasteiger partial charge on any atom is 0.460 e. The minimum Gasteiger partial charge on any atom is -0.311 e. The van der Waals surface area contributed by atoms with E-state index in [2.05, 4.69) is 11.3 Å². The summed E-state index contributed by atoms with van der Waals surface area (Å²) in [6.45, 7) is 0.996. The standard InChI is InChI=1S/C9H5F13O/c1-2-3-23-9(21,22)7(16,17)5(12,13)4(10,11)6(14,15)8(18,19)20/h2H,1,3H2. The molecule has 0 heterocycles. The third-order valence-electron chi connectivity index (χ3n) is 2.29. The lowest BCUT2D eigenvalue weighted by atomic mass is 9.97. The molecular weight excluding hydrogens is 371 g/mol. The van der Waals surface area contributed by atoms with Crippen LogP contribution in [-0.2, 0) is 4.74 Å². The molecule has 0 fully saturated rings. The van der Waals surface area contributed by atoms with Crippen molar-refractivity contribution in [1.29, 1.82) is 0 Å².